The Morgan fingerprint density at radius 2 is 1.70 bits per heavy atom. The minimum Gasteiger partial charge on any atom is -0.281 e. The van der Waals surface area contributed by atoms with Crippen molar-refractivity contribution in [2.24, 2.45) is 0 Å². The second kappa shape index (κ2) is 4.82. The van der Waals surface area contributed by atoms with Gasteiger partial charge in [-0.3, -0.25) is 9.82 Å². The molecule has 0 atom stereocenters. The highest BCUT2D eigenvalue weighted by Crippen LogP contribution is 2.25. The molecular weight excluding hydrogens is 295 g/mol. The fourth-order valence-corrected chi connectivity index (χ4v) is 3.21. The predicted octanol–water partition coefficient (Wildman–Crippen LogP) is 2.24. The van der Waals surface area contributed by atoms with Crippen LogP contribution in [-0.2, 0) is 10.0 Å². The van der Waals surface area contributed by atoms with Crippen molar-refractivity contribution >= 4 is 15.7 Å². The fourth-order valence-electron chi connectivity index (χ4n) is 1.76. The van der Waals surface area contributed by atoms with Gasteiger partial charge >= 0.3 is 0 Å². The van der Waals surface area contributed by atoms with Gasteiger partial charge in [-0.2, -0.15) is 5.10 Å². The lowest BCUT2D eigenvalue weighted by Crippen LogP contribution is -2.16. The van der Waals surface area contributed by atoms with Gasteiger partial charge < -0.3 is 0 Å². The van der Waals surface area contributed by atoms with E-state index in [0.717, 1.165) is 0 Å². The molecule has 0 aliphatic carbocycles. The van der Waals surface area contributed by atoms with E-state index in [2.05, 4.69) is 10.2 Å². The Morgan fingerprint density at radius 1 is 1.15 bits per heavy atom. The Labute approximate surface area is 112 Å². The van der Waals surface area contributed by atoms with Gasteiger partial charge in [-0.15, -0.1) is 0 Å². The Balaban J connectivity index is 2.50. The maximum atomic E-state index is 13.5. The molecule has 0 amide bonds. The molecule has 2 aromatic rings. The third-order valence-electron chi connectivity index (χ3n) is 2.57. The third kappa shape index (κ3) is 2.48. The van der Waals surface area contributed by atoms with Gasteiger partial charge in [-0.05, 0) is 13.8 Å². The van der Waals surface area contributed by atoms with Crippen molar-refractivity contribution in [1.82, 2.24) is 10.2 Å². The highest BCUT2D eigenvalue weighted by molar-refractivity contribution is 7.92. The van der Waals surface area contributed by atoms with Crippen molar-refractivity contribution in [1.29, 1.82) is 0 Å². The van der Waals surface area contributed by atoms with Gasteiger partial charge in [0.15, 0.2) is 11.6 Å². The molecule has 1 aromatic heterocycles. The monoisotopic (exact) mass is 305 g/mol. The van der Waals surface area contributed by atoms with Crippen molar-refractivity contribution in [3.05, 3.63) is 41.0 Å². The molecule has 5 nitrogen and oxygen atoms in total. The third-order valence-corrected chi connectivity index (χ3v) is 4.18. The largest absolute Gasteiger partial charge is 0.281 e. The Kier molecular flexibility index (Phi) is 3.46. The van der Waals surface area contributed by atoms with Crippen LogP contribution in [0.4, 0.5) is 18.9 Å². The first-order valence-corrected chi connectivity index (χ1v) is 6.89. The topological polar surface area (TPSA) is 74.8 Å². The number of nitrogens with zero attached hydrogens (tertiary/aromatic N) is 1. The van der Waals surface area contributed by atoms with E-state index in [-0.39, 0.29) is 16.3 Å². The van der Waals surface area contributed by atoms with Crippen LogP contribution in [-0.4, -0.2) is 18.6 Å². The smallest absolute Gasteiger partial charge is 0.265 e. The number of anilines is 1. The molecule has 9 heteroatoms. The number of H-pyrrole nitrogens is 1. The van der Waals surface area contributed by atoms with Crippen LogP contribution >= 0.6 is 0 Å². The first-order valence-electron chi connectivity index (χ1n) is 5.41. The lowest BCUT2D eigenvalue weighted by molar-refractivity contribution is 0.547. The SMILES string of the molecule is Cc1n[nH]c(C)c1S(=O)(=O)Nc1c(F)cc(F)cc1F. The van der Waals surface area contributed by atoms with E-state index in [1.807, 2.05) is 0 Å². The zero-order valence-corrected chi connectivity index (χ0v) is 11.3. The molecule has 0 fully saturated rings. The molecule has 1 aromatic carbocycles. The Hall–Kier alpha value is -2.03. The molecule has 2 rings (SSSR count). The van der Waals surface area contributed by atoms with Crippen LogP contribution in [0.1, 0.15) is 11.4 Å². The van der Waals surface area contributed by atoms with E-state index in [1.54, 1.807) is 4.72 Å². The second-order valence-electron chi connectivity index (χ2n) is 4.11. The van der Waals surface area contributed by atoms with Gasteiger partial charge in [0.25, 0.3) is 10.0 Å². The second-order valence-corrected chi connectivity index (χ2v) is 5.73. The number of aromatic nitrogens is 2. The molecule has 108 valence electrons. The minimum absolute atomic E-state index is 0.151. The first kappa shape index (κ1) is 14.4. The standard InChI is InChI=1S/C11H10F3N3O2S/c1-5-11(6(2)16-15-5)20(18,19)17-10-8(13)3-7(12)4-9(10)14/h3-4,17H,1-2H3,(H,15,16). The molecule has 0 saturated carbocycles. The number of aryl methyl sites for hydroxylation is 2. The number of benzene rings is 1. The number of rotatable bonds is 3. The van der Waals surface area contributed by atoms with Gasteiger partial charge in [0, 0.05) is 12.1 Å². The van der Waals surface area contributed by atoms with E-state index in [9.17, 15) is 21.6 Å². The van der Waals surface area contributed by atoms with Crippen molar-refractivity contribution in [2.45, 2.75) is 18.7 Å². The van der Waals surface area contributed by atoms with Crippen LogP contribution in [0.2, 0.25) is 0 Å². The molecule has 0 unspecified atom stereocenters. The average molecular weight is 305 g/mol. The van der Waals surface area contributed by atoms with Crippen LogP contribution in [0.3, 0.4) is 0 Å². The Morgan fingerprint density at radius 3 is 2.15 bits per heavy atom. The van der Waals surface area contributed by atoms with Crippen molar-refractivity contribution in [2.75, 3.05) is 4.72 Å². The summed E-state index contributed by atoms with van der Waals surface area (Å²) >= 11 is 0. The van der Waals surface area contributed by atoms with Crippen LogP contribution in [0, 0.1) is 31.3 Å². The van der Waals surface area contributed by atoms with Gasteiger partial charge in [0.05, 0.1) is 11.4 Å². The molecule has 0 aliphatic heterocycles. The van der Waals surface area contributed by atoms with Crippen LogP contribution in [0.25, 0.3) is 0 Å². The van der Waals surface area contributed by atoms with Gasteiger partial charge in [0.1, 0.15) is 16.4 Å². The molecule has 1 heterocycles. The van der Waals surface area contributed by atoms with Crippen LogP contribution < -0.4 is 4.72 Å². The molecule has 0 saturated heterocycles. The summed E-state index contributed by atoms with van der Waals surface area (Å²) in [5, 5.41) is 6.14. The molecule has 0 bridgehead atoms. The van der Waals surface area contributed by atoms with E-state index in [1.165, 1.54) is 13.8 Å². The zero-order valence-electron chi connectivity index (χ0n) is 10.5. The molecule has 20 heavy (non-hydrogen) atoms. The first-order chi connectivity index (χ1) is 9.22. The van der Waals surface area contributed by atoms with E-state index in [4.69, 9.17) is 0 Å². The number of sulfonamides is 1. The lowest BCUT2D eigenvalue weighted by Gasteiger charge is -2.10. The van der Waals surface area contributed by atoms with Crippen LogP contribution in [0.5, 0.6) is 0 Å². The number of nitrogens with one attached hydrogen (secondary N) is 2. The normalized spacial score (nSPS) is 11.7. The minimum atomic E-state index is -4.24. The maximum Gasteiger partial charge on any atom is 0.265 e. The lowest BCUT2D eigenvalue weighted by atomic mass is 10.3. The molecule has 0 spiro atoms. The highest BCUT2D eigenvalue weighted by atomic mass is 32.2. The summed E-state index contributed by atoms with van der Waals surface area (Å²) in [5.74, 6) is -3.83. The summed E-state index contributed by atoms with van der Waals surface area (Å²) in [6.45, 7) is 2.88. The number of aromatic amines is 1. The average Bonchev–Trinajstić information content (AvgIpc) is 2.64. The summed E-state index contributed by atoms with van der Waals surface area (Å²) < 4.78 is 65.6. The van der Waals surface area contributed by atoms with Crippen molar-refractivity contribution < 1.29 is 21.6 Å². The van der Waals surface area contributed by atoms with E-state index >= 15 is 0 Å². The maximum absolute atomic E-state index is 13.5. The number of hydrogen-bond donors (Lipinski definition) is 2. The summed E-state index contributed by atoms with van der Waals surface area (Å²) in [6.07, 6.45) is 0. The summed E-state index contributed by atoms with van der Waals surface area (Å²) in [5.41, 5.74) is -0.567. The summed E-state index contributed by atoms with van der Waals surface area (Å²) in [7, 11) is -4.24. The van der Waals surface area contributed by atoms with E-state index in [0.29, 0.717) is 12.1 Å². The Bertz CT molecular complexity index is 729. The van der Waals surface area contributed by atoms with Crippen molar-refractivity contribution in [3.8, 4) is 0 Å². The summed E-state index contributed by atoms with van der Waals surface area (Å²) in [6, 6.07) is 0.770. The highest BCUT2D eigenvalue weighted by Gasteiger charge is 2.25. The van der Waals surface area contributed by atoms with Gasteiger partial charge in [-0.1, -0.05) is 0 Å². The zero-order chi connectivity index (χ0) is 15.1. The molecule has 0 radical (unpaired) electrons. The van der Waals surface area contributed by atoms with Gasteiger partial charge in [0.2, 0.25) is 0 Å². The molecule has 0 aliphatic rings. The fraction of sp³-hybridized carbons (Fsp3) is 0.182. The number of hydrogen-bond acceptors (Lipinski definition) is 3. The summed E-state index contributed by atoms with van der Waals surface area (Å²) in [4.78, 5) is -0.208. The van der Waals surface area contributed by atoms with Crippen molar-refractivity contribution in [3.63, 3.8) is 0 Å². The molecular formula is C11H10F3N3O2S. The quantitative estimate of drug-likeness (QED) is 0.913. The van der Waals surface area contributed by atoms with Gasteiger partial charge in [-0.25, -0.2) is 21.6 Å². The number of halogens is 3. The van der Waals surface area contributed by atoms with E-state index < -0.39 is 33.2 Å². The predicted molar refractivity (Wildman–Crippen MR) is 65.2 cm³/mol. The van der Waals surface area contributed by atoms with Crippen LogP contribution in [0.15, 0.2) is 17.0 Å². The molecule has 2 N–H and O–H groups in total.